The molecule has 5 nitrogen and oxygen atoms in total. The van der Waals surface area contributed by atoms with Crippen LogP contribution in [0, 0.1) is 20.8 Å². The van der Waals surface area contributed by atoms with Crippen molar-refractivity contribution >= 4 is 16.6 Å². The van der Waals surface area contributed by atoms with Crippen LogP contribution in [0.4, 0.5) is 0 Å². The van der Waals surface area contributed by atoms with E-state index in [-0.39, 0.29) is 5.69 Å². The zero-order valence-corrected chi connectivity index (χ0v) is 13.9. The van der Waals surface area contributed by atoms with Gasteiger partial charge in [0, 0.05) is 6.20 Å². The van der Waals surface area contributed by atoms with E-state index in [0.717, 1.165) is 27.7 Å². The summed E-state index contributed by atoms with van der Waals surface area (Å²) in [5.41, 5.74) is 5.58. The van der Waals surface area contributed by atoms with Crippen molar-refractivity contribution in [1.29, 1.82) is 0 Å². The summed E-state index contributed by atoms with van der Waals surface area (Å²) in [6, 6.07) is 12.0. The van der Waals surface area contributed by atoms with Gasteiger partial charge in [0.1, 0.15) is 0 Å². The molecule has 1 aromatic carbocycles. The van der Waals surface area contributed by atoms with E-state index in [0.29, 0.717) is 12.2 Å². The maximum absolute atomic E-state index is 13.0. The van der Waals surface area contributed by atoms with Gasteiger partial charge in [-0.2, -0.15) is 0 Å². The van der Waals surface area contributed by atoms with Crippen LogP contribution in [0.2, 0.25) is 0 Å². The molecule has 3 heterocycles. The topological polar surface area (TPSA) is 52.2 Å². The van der Waals surface area contributed by atoms with Crippen molar-refractivity contribution < 1.29 is 0 Å². The molecule has 0 fully saturated rings. The Bertz CT molecular complexity index is 1120. The fourth-order valence-electron chi connectivity index (χ4n) is 3.32. The van der Waals surface area contributed by atoms with E-state index in [1.807, 2.05) is 32.0 Å². The van der Waals surface area contributed by atoms with Crippen LogP contribution in [0.1, 0.15) is 22.4 Å². The van der Waals surface area contributed by atoms with Crippen molar-refractivity contribution in [3.05, 3.63) is 75.5 Å². The number of aromatic nitrogens is 4. The average Bonchev–Trinajstić information content (AvgIpc) is 2.86. The molecule has 24 heavy (non-hydrogen) atoms. The molecule has 0 spiro atoms. The second-order valence-corrected chi connectivity index (χ2v) is 6.27. The molecule has 0 N–H and O–H groups in total. The summed E-state index contributed by atoms with van der Waals surface area (Å²) in [5, 5.41) is 5.61. The van der Waals surface area contributed by atoms with Gasteiger partial charge in [0.05, 0.1) is 17.8 Å². The van der Waals surface area contributed by atoms with Gasteiger partial charge in [-0.05, 0) is 61.5 Å². The monoisotopic (exact) mass is 318 g/mol. The molecule has 0 radical (unpaired) electrons. The summed E-state index contributed by atoms with van der Waals surface area (Å²) in [4.78, 5) is 17.3. The third-order valence-electron chi connectivity index (χ3n) is 4.30. The summed E-state index contributed by atoms with van der Waals surface area (Å²) in [6.07, 6.45) is 1.73. The molecule has 0 amide bonds. The Morgan fingerprint density at radius 3 is 2.62 bits per heavy atom. The Labute approximate surface area is 139 Å². The highest BCUT2D eigenvalue weighted by atomic mass is 16.2. The summed E-state index contributed by atoms with van der Waals surface area (Å²) in [6.45, 7) is 6.46. The van der Waals surface area contributed by atoms with Crippen LogP contribution in [-0.4, -0.2) is 19.2 Å². The number of hydrogen-bond acceptors (Lipinski definition) is 3. The summed E-state index contributed by atoms with van der Waals surface area (Å²) < 4.78 is 3.21. The van der Waals surface area contributed by atoms with Crippen LogP contribution < -0.4 is 5.69 Å². The number of pyridine rings is 2. The molecule has 0 saturated carbocycles. The molecule has 0 aliphatic carbocycles. The van der Waals surface area contributed by atoms with Gasteiger partial charge < -0.3 is 0 Å². The first-order valence-corrected chi connectivity index (χ1v) is 7.94. The van der Waals surface area contributed by atoms with Gasteiger partial charge in [-0.3, -0.25) is 4.98 Å². The van der Waals surface area contributed by atoms with Crippen molar-refractivity contribution in [2.24, 2.45) is 0 Å². The van der Waals surface area contributed by atoms with Gasteiger partial charge in [0.25, 0.3) is 0 Å². The maximum atomic E-state index is 13.0. The molecular weight excluding hydrogens is 300 g/mol. The first kappa shape index (κ1) is 14.6. The zero-order chi connectivity index (χ0) is 16.8. The number of hydrogen-bond donors (Lipinski definition) is 0. The second-order valence-electron chi connectivity index (χ2n) is 6.27. The number of nitrogens with zero attached hydrogens (tertiary/aromatic N) is 4. The molecule has 3 aromatic heterocycles. The first-order chi connectivity index (χ1) is 11.5. The third-order valence-corrected chi connectivity index (χ3v) is 4.30. The van der Waals surface area contributed by atoms with Gasteiger partial charge in [-0.1, -0.05) is 17.7 Å². The Morgan fingerprint density at radius 2 is 1.88 bits per heavy atom. The lowest BCUT2D eigenvalue weighted by molar-refractivity contribution is 0.647. The summed E-state index contributed by atoms with van der Waals surface area (Å²) in [7, 11) is 0. The number of fused-ring (bicyclic) bond motifs is 3. The Hall–Kier alpha value is -2.95. The SMILES string of the molecule is Cc1cc(C)c2c(c1)cc(C)c1nn(Cc3ccccn3)c(=O)n12. The molecule has 0 atom stereocenters. The highest BCUT2D eigenvalue weighted by molar-refractivity contribution is 5.86. The second kappa shape index (κ2) is 5.30. The molecule has 4 aromatic rings. The van der Waals surface area contributed by atoms with Crippen LogP contribution in [0.3, 0.4) is 0 Å². The first-order valence-electron chi connectivity index (χ1n) is 7.94. The Kier molecular flexibility index (Phi) is 3.23. The van der Waals surface area contributed by atoms with Crippen LogP contribution >= 0.6 is 0 Å². The smallest absolute Gasteiger partial charge is 0.259 e. The van der Waals surface area contributed by atoms with E-state index in [9.17, 15) is 4.79 Å². The largest absolute Gasteiger partial charge is 0.351 e. The number of aryl methyl sites for hydroxylation is 3. The van der Waals surface area contributed by atoms with Gasteiger partial charge in [0.2, 0.25) is 0 Å². The fraction of sp³-hybridized carbons (Fsp3) is 0.211. The van der Waals surface area contributed by atoms with E-state index in [4.69, 9.17) is 0 Å². The number of benzene rings is 1. The minimum Gasteiger partial charge on any atom is -0.259 e. The minimum atomic E-state index is -0.128. The van der Waals surface area contributed by atoms with Crippen LogP contribution in [-0.2, 0) is 6.54 Å². The van der Waals surface area contributed by atoms with Crippen molar-refractivity contribution in [1.82, 2.24) is 19.2 Å². The van der Waals surface area contributed by atoms with Gasteiger partial charge in [0.15, 0.2) is 5.65 Å². The van der Waals surface area contributed by atoms with E-state index in [1.54, 1.807) is 10.6 Å². The average molecular weight is 318 g/mol. The van der Waals surface area contributed by atoms with Crippen molar-refractivity contribution in [2.75, 3.05) is 0 Å². The van der Waals surface area contributed by atoms with E-state index >= 15 is 0 Å². The van der Waals surface area contributed by atoms with Gasteiger partial charge in [-0.25, -0.2) is 13.9 Å². The summed E-state index contributed by atoms with van der Waals surface area (Å²) >= 11 is 0. The molecule has 0 aliphatic rings. The van der Waals surface area contributed by atoms with Crippen LogP contribution in [0.25, 0.3) is 16.6 Å². The number of rotatable bonds is 2. The normalized spacial score (nSPS) is 11.5. The van der Waals surface area contributed by atoms with Crippen molar-refractivity contribution in [3.8, 4) is 0 Å². The molecule has 0 aliphatic heterocycles. The van der Waals surface area contributed by atoms with Crippen molar-refractivity contribution in [2.45, 2.75) is 27.3 Å². The minimum absolute atomic E-state index is 0.128. The maximum Gasteiger partial charge on any atom is 0.351 e. The van der Waals surface area contributed by atoms with Gasteiger partial charge >= 0.3 is 5.69 Å². The molecule has 5 heteroatoms. The fourth-order valence-corrected chi connectivity index (χ4v) is 3.32. The molecule has 120 valence electrons. The highest BCUT2D eigenvalue weighted by Gasteiger charge is 2.14. The van der Waals surface area contributed by atoms with Crippen LogP contribution in [0.15, 0.2) is 47.4 Å². The van der Waals surface area contributed by atoms with E-state index < -0.39 is 0 Å². The zero-order valence-electron chi connectivity index (χ0n) is 13.9. The lowest BCUT2D eigenvalue weighted by Gasteiger charge is -2.08. The van der Waals surface area contributed by atoms with E-state index in [2.05, 4.69) is 35.2 Å². The third kappa shape index (κ3) is 2.21. The molecular formula is C19H18N4O. The molecule has 0 bridgehead atoms. The highest BCUT2D eigenvalue weighted by Crippen LogP contribution is 2.23. The Balaban J connectivity index is 2.03. The summed E-state index contributed by atoms with van der Waals surface area (Å²) in [5.74, 6) is 0. The molecule has 4 rings (SSSR count). The lowest BCUT2D eigenvalue weighted by atomic mass is 10.1. The standard InChI is InChI=1S/C19H18N4O/c1-12-8-13(2)17-15(9-12)10-14(3)18-21-22(19(24)23(17)18)11-16-6-4-5-7-20-16/h4-10H,11H2,1-3H3. The van der Waals surface area contributed by atoms with Gasteiger partial charge in [-0.15, -0.1) is 5.10 Å². The lowest BCUT2D eigenvalue weighted by Crippen LogP contribution is -2.22. The Morgan fingerprint density at radius 1 is 1.04 bits per heavy atom. The van der Waals surface area contributed by atoms with Crippen LogP contribution in [0.5, 0.6) is 0 Å². The quantitative estimate of drug-likeness (QED) is 0.571. The molecule has 0 unspecified atom stereocenters. The molecule has 0 saturated heterocycles. The van der Waals surface area contributed by atoms with Crippen molar-refractivity contribution in [3.63, 3.8) is 0 Å². The van der Waals surface area contributed by atoms with E-state index in [1.165, 1.54) is 10.2 Å². The predicted octanol–water partition coefficient (Wildman–Crippen LogP) is 3.02. The predicted molar refractivity (Wildman–Crippen MR) is 94.5 cm³/mol.